The van der Waals surface area contributed by atoms with Crippen LogP contribution in [0.25, 0.3) is 11.0 Å². The van der Waals surface area contributed by atoms with Crippen LogP contribution in [0, 0.1) is 0 Å². The number of rotatable bonds is 1. The Bertz CT molecular complexity index is 520. The van der Waals surface area contributed by atoms with Crippen molar-refractivity contribution >= 4 is 17.0 Å². The minimum atomic E-state index is -0.189. The third-order valence-electron chi connectivity index (χ3n) is 3.37. The van der Waals surface area contributed by atoms with E-state index in [1.165, 1.54) is 0 Å². The topological polar surface area (TPSA) is 64.1 Å². The number of anilines is 1. The molecular weight excluding hydrogens is 202 g/mol. The van der Waals surface area contributed by atoms with E-state index in [4.69, 9.17) is 5.73 Å². The highest BCUT2D eigenvalue weighted by Gasteiger charge is 2.26. The van der Waals surface area contributed by atoms with Gasteiger partial charge in [0.15, 0.2) is 0 Å². The summed E-state index contributed by atoms with van der Waals surface area (Å²) in [5.41, 5.74) is 7.95. The number of nitrogen functional groups attached to an aromatic ring is 1. The van der Waals surface area contributed by atoms with Crippen molar-refractivity contribution < 1.29 is 5.11 Å². The Balaban J connectivity index is 2.12. The van der Waals surface area contributed by atoms with E-state index in [2.05, 4.69) is 9.55 Å². The average Bonchev–Trinajstić information content (AvgIpc) is 2.80. The molecule has 0 aliphatic heterocycles. The molecule has 3 N–H and O–H groups in total. The van der Waals surface area contributed by atoms with Crippen molar-refractivity contribution in [3.05, 3.63) is 24.3 Å². The summed E-state index contributed by atoms with van der Waals surface area (Å²) in [5, 5.41) is 9.59. The van der Waals surface area contributed by atoms with E-state index in [0.717, 1.165) is 30.3 Å². The highest BCUT2D eigenvalue weighted by atomic mass is 16.3. The quantitative estimate of drug-likeness (QED) is 0.764. The molecule has 2 aromatic rings. The molecule has 0 amide bonds. The van der Waals surface area contributed by atoms with E-state index >= 15 is 0 Å². The third-order valence-corrected chi connectivity index (χ3v) is 3.37. The molecule has 1 aromatic carbocycles. The van der Waals surface area contributed by atoms with Crippen LogP contribution in [0.5, 0.6) is 0 Å². The van der Waals surface area contributed by atoms with Crippen molar-refractivity contribution in [3.63, 3.8) is 0 Å². The number of nitrogens with zero attached hydrogens (tertiary/aromatic N) is 2. The molecule has 1 aliphatic carbocycles. The van der Waals surface area contributed by atoms with Crippen LogP contribution in [0.4, 0.5) is 5.95 Å². The van der Waals surface area contributed by atoms with Gasteiger partial charge >= 0.3 is 0 Å². The second kappa shape index (κ2) is 3.49. The summed E-state index contributed by atoms with van der Waals surface area (Å²) in [6, 6.07) is 8.24. The fraction of sp³-hybridized carbons (Fsp3) is 0.417. The third kappa shape index (κ3) is 1.38. The van der Waals surface area contributed by atoms with Gasteiger partial charge in [-0.3, -0.25) is 0 Å². The maximum absolute atomic E-state index is 9.59. The van der Waals surface area contributed by atoms with E-state index in [1.54, 1.807) is 0 Å². The molecule has 0 radical (unpaired) electrons. The Labute approximate surface area is 93.7 Å². The molecule has 1 aliphatic rings. The van der Waals surface area contributed by atoms with Crippen LogP contribution < -0.4 is 5.73 Å². The Kier molecular flexibility index (Phi) is 2.11. The van der Waals surface area contributed by atoms with Crippen LogP contribution >= 0.6 is 0 Å². The van der Waals surface area contributed by atoms with E-state index in [1.807, 2.05) is 24.3 Å². The van der Waals surface area contributed by atoms with E-state index in [0.29, 0.717) is 12.0 Å². The fourth-order valence-electron chi connectivity index (χ4n) is 2.62. The van der Waals surface area contributed by atoms with Crippen LogP contribution in [0.2, 0.25) is 0 Å². The van der Waals surface area contributed by atoms with Crippen LogP contribution in [0.15, 0.2) is 24.3 Å². The van der Waals surface area contributed by atoms with Crippen LogP contribution in [0.1, 0.15) is 25.3 Å². The summed E-state index contributed by atoms with van der Waals surface area (Å²) in [4.78, 5) is 4.34. The highest BCUT2D eigenvalue weighted by molar-refractivity contribution is 5.78. The van der Waals surface area contributed by atoms with Crippen molar-refractivity contribution in [3.8, 4) is 0 Å². The molecule has 0 spiro atoms. The summed E-state index contributed by atoms with van der Waals surface area (Å²) in [6.07, 6.45) is 2.43. The number of nitrogens with two attached hydrogens (primary N) is 1. The Morgan fingerprint density at radius 1 is 1.31 bits per heavy atom. The second-order valence-corrected chi connectivity index (χ2v) is 4.45. The van der Waals surface area contributed by atoms with Crippen molar-refractivity contribution in [1.82, 2.24) is 9.55 Å². The smallest absolute Gasteiger partial charge is 0.201 e. The molecule has 1 saturated carbocycles. The lowest BCUT2D eigenvalue weighted by Crippen LogP contribution is -2.10. The fourth-order valence-corrected chi connectivity index (χ4v) is 2.62. The van der Waals surface area contributed by atoms with Crippen LogP contribution in [0.3, 0.4) is 0 Å². The molecule has 0 bridgehead atoms. The number of imidazole rings is 1. The Morgan fingerprint density at radius 2 is 2.12 bits per heavy atom. The normalized spacial score (nSPS) is 25.3. The van der Waals surface area contributed by atoms with Gasteiger partial charge in [-0.2, -0.15) is 0 Å². The summed E-state index contributed by atoms with van der Waals surface area (Å²) < 4.78 is 2.06. The number of hydrogen-bond acceptors (Lipinski definition) is 3. The molecule has 16 heavy (non-hydrogen) atoms. The molecule has 2 atom stereocenters. The van der Waals surface area contributed by atoms with Gasteiger partial charge in [0.05, 0.1) is 17.1 Å². The average molecular weight is 217 g/mol. The Hall–Kier alpha value is -1.55. The number of hydrogen-bond donors (Lipinski definition) is 2. The predicted octanol–water partition coefficient (Wildman–Crippen LogP) is 1.70. The maximum Gasteiger partial charge on any atom is 0.201 e. The summed E-state index contributed by atoms with van der Waals surface area (Å²) >= 11 is 0. The summed E-state index contributed by atoms with van der Waals surface area (Å²) in [5.74, 6) is 0.556. The number of benzene rings is 1. The number of aliphatic hydroxyl groups excluding tert-OH is 1. The number of para-hydroxylation sites is 2. The lowest BCUT2D eigenvalue weighted by atomic mass is 10.2. The standard InChI is InChI=1S/C12H15N3O/c13-12-14-10-3-1-2-4-11(10)15(12)8-5-6-9(16)7-8/h1-4,8-9,16H,5-7H2,(H2,13,14)/t8-,9+/m0/s1. The van der Waals surface area contributed by atoms with Crippen molar-refractivity contribution in [1.29, 1.82) is 0 Å². The molecule has 1 fully saturated rings. The molecule has 4 heteroatoms. The van der Waals surface area contributed by atoms with E-state index in [-0.39, 0.29) is 6.10 Å². The minimum Gasteiger partial charge on any atom is -0.393 e. The first kappa shape index (κ1) is 9.66. The van der Waals surface area contributed by atoms with E-state index < -0.39 is 0 Å². The predicted molar refractivity (Wildman–Crippen MR) is 63.0 cm³/mol. The van der Waals surface area contributed by atoms with Gasteiger partial charge in [-0.05, 0) is 31.4 Å². The van der Waals surface area contributed by atoms with Gasteiger partial charge in [0.25, 0.3) is 0 Å². The van der Waals surface area contributed by atoms with Gasteiger partial charge in [-0.1, -0.05) is 12.1 Å². The summed E-state index contributed by atoms with van der Waals surface area (Å²) in [7, 11) is 0. The van der Waals surface area contributed by atoms with Gasteiger partial charge in [0.2, 0.25) is 5.95 Å². The number of aromatic nitrogens is 2. The molecule has 1 heterocycles. The molecule has 3 rings (SSSR count). The maximum atomic E-state index is 9.59. The first-order valence-electron chi connectivity index (χ1n) is 5.66. The Morgan fingerprint density at radius 3 is 2.88 bits per heavy atom. The molecule has 84 valence electrons. The largest absolute Gasteiger partial charge is 0.393 e. The first-order chi connectivity index (χ1) is 7.75. The first-order valence-corrected chi connectivity index (χ1v) is 5.66. The lowest BCUT2D eigenvalue weighted by Gasteiger charge is -2.14. The van der Waals surface area contributed by atoms with Crippen LogP contribution in [-0.4, -0.2) is 20.8 Å². The molecule has 0 unspecified atom stereocenters. The zero-order chi connectivity index (χ0) is 11.1. The van der Waals surface area contributed by atoms with Gasteiger partial charge in [-0.25, -0.2) is 4.98 Å². The van der Waals surface area contributed by atoms with Crippen molar-refractivity contribution in [2.75, 3.05) is 5.73 Å². The number of aliphatic hydroxyl groups is 1. The van der Waals surface area contributed by atoms with E-state index in [9.17, 15) is 5.11 Å². The van der Waals surface area contributed by atoms with Crippen molar-refractivity contribution in [2.45, 2.75) is 31.4 Å². The molecule has 0 saturated heterocycles. The molecular formula is C12H15N3O. The SMILES string of the molecule is Nc1nc2ccccc2n1[C@H]1CC[C@@H](O)C1. The van der Waals surface area contributed by atoms with Gasteiger partial charge < -0.3 is 15.4 Å². The minimum absolute atomic E-state index is 0.189. The van der Waals surface area contributed by atoms with Gasteiger partial charge in [0.1, 0.15) is 0 Å². The zero-order valence-electron chi connectivity index (χ0n) is 9.00. The van der Waals surface area contributed by atoms with Gasteiger partial charge in [0, 0.05) is 6.04 Å². The summed E-state index contributed by atoms with van der Waals surface area (Å²) in [6.45, 7) is 0. The monoisotopic (exact) mass is 217 g/mol. The lowest BCUT2D eigenvalue weighted by molar-refractivity contribution is 0.178. The van der Waals surface area contributed by atoms with Crippen molar-refractivity contribution in [2.24, 2.45) is 0 Å². The highest BCUT2D eigenvalue weighted by Crippen LogP contribution is 2.34. The van der Waals surface area contributed by atoms with Crippen LogP contribution in [-0.2, 0) is 0 Å². The molecule has 4 nitrogen and oxygen atoms in total. The zero-order valence-corrected chi connectivity index (χ0v) is 9.00. The molecule has 1 aromatic heterocycles. The van der Waals surface area contributed by atoms with Gasteiger partial charge in [-0.15, -0.1) is 0 Å². The number of fused-ring (bicyclic) bond motifs is 1. The second-order valence-electron chi connectivity index (χ2n) is 4.45.